The second-order valence-corrected chi connectivity index (χ2v) is 5.70. The lowest BCUT2D eigenvalue weighted by molar-refractivity contribution is 0.442. The monoisotopic (exact) mass is 454 g/mol. The van der Waals surface area contributed by atoms with Crippen LogP contribution in [0.1, 0.15) is 17.1 Å². The van der Waals surface area contributed by atoms with E-state index < -0.39 is 0 Å². The predicted molar refractivity (Wildman–Crippen MR) is 109 cm³/mol. The Kier molecular flexibility index (Phi) is 6.40. The molecule has 0 radical (unpaired) electrons. The van der Waals surface area contributed by atoms with E-state index in [9.17, 15) is 0 Å². The minimum absolute atomic E-state index is 0. The van der Waals surface area contributed by atoms with Crippen molar-refractivity contribution in [3.8, 4) is 0 Å². The minimum atomic E-state index is 0. The van der Waals surface area contributed by atoms with E-state index in [1.54, 1.807) is 18.1 Å². The fourth-order valence-corrected chi connectivity index (χ4v) is 2.69. The number of aromatic nitrogens is 3. The molecule has 0 unspecified atom stereocenters. The van der Waals surface area contributed by atoms with Crippen LogP contribution in [0.4, 0.5) is 0 Å². The number of nitrogens with one attached hydrogen (secondary N) is 1. The van der Waals surface area contributed by atoms with Gasteiger partial charge < -0.3 is 14.6 Å². The Hall–Kier alpha value is -2.10. The zero-order valence-electron chi connectivity index (χ0n) is 14.9. The minimum Gasteiger partial charge on any atom is -0.459 e. The van der Waals surface area contributed by atoms with Crippen molar-refractivity contribution in [2.45, 2.75) is 20.0 Å². The molecule has 0 aliphatic carbocycles. The van der Waals surface area contributed by atoms with E-state index in [2.05, 4.69) is 33.4 Å². The third kappa shape index (κ3) is 4.12. The Morgan fingerprint density at radius 2 is 2.12 bits per heavy atom. The lowest BCUT2D eigenvalue weighted by Gasteiger charge is -2.21. The Bertz CT molecular complexity index is 869. The molecule has 0 aliphatic rings. The zero-order valence-corrected chi connectivity index (χ0v) is 17.2. The standard InChI is InChI=1S/C17H22N6O.HI/c1-12-13-7-5-6-8-14(13)24-15(12)9-19-17(18-2)22(3)10-16-20-11-21-23(16)4;/h5-8,11H,9-10H2,1-4H3,(H,18,19);1H. The van der Waals surface area contributed by atoms with Crippen molar-refractivity contribution in [3.05, 3.63) is 47.7 Å². The summed E-state index contributed by atoms with van der Waals surface area (Å²) in [5.41, 5.74) is 2.07. The number of aliphatic imine (C=N–C) groups is 1. The number of guanidine groups is 1. The number of aryl methyl sites for hydroxylation is 2. The largest absolute Gasteiger partial charge is 0.459 e. The molecule has 0 bridgehead atoms. The summed E-state index contributed by atoms with van der Waals surface area (Å²) in [6.07, 6.45) is 1.55. The maximum atomic E-state index is 5.94. The van der Waals surface area contributed by atoms with E-state index in [0.717, 1.165) is 34.1 Å². The van der Waals surface area contributed by atoms with Crippen LogP contribution < -0.4 is 5.32 Å². The summed E-state index contributed by atoms with van der Waals surface area (Å²) in [5.74, 6) is 2.57. The third-order valence-electron chi connectivity index (χ3n) is 4.11. The molecule has 3 aromatic rings. The number of hydrogen-bond acceptors (Lipinski definition) is 4. The molecule has 3 rings (SSSR count). The highest BCUT2D eigenvalue weighted by atomic mass is 127. The highest BCUT2D eigenvalue weighted by molar-refractivity contribution is 14.0. The van der Waals surface area contributed by atoms with Crippen molar-refractivity contribution < 1.29 is 4.42 Å². The van der Waals surface area contributed by atoms with Crippen molar-refractivity contribution in [1.82, 2.24) is 25.0 Å². The molecule has 8 heteroatoms. The first kappa shape index (κ1) is 19.2. The Morgan fingerprint density at radius 3 is 2.76 bits per heavy atom. The molecule has 2 heterocycles. The molecular formula is C17H23IN6O. The van der Waals surface area contributed by atoms with Crippen LogP contribution in [0.2, 0.25) is 0 Å². The molecule has 0 fully saturated rings. The predicted octanol–water partition coefficient (Wildman–Crippen LogP) is 2.70. The number of para-hydroxylation sites is 1. The Morgan fingerprint density at radius 1 is 1.36 bits per heavy atom. The van der Waals surface area contributed by atoms with Crippen LogP contribution in [-0.4, -0.2) is 39.7 Å². The van der Waals surface area contributed by atoms with Crippen LogP contribution in [0, 0.1) is 6.92 Å². The molecule has 1 N–H and O–H groups in total. The number of furan rings is 1. The number of hydrogen-bond donors (Lipinski definition) is 1. The molecule has 134 valence electrons. The van der Waals surface area contributed by atoms with Crippen LogP contribution in [0.5, 0.6) is 0 Å². The van der Waals surface area contributed by atoms with Gasteiger partial charge in [0.25, 0.3) is 0 Å². The van der Waals surface area contributed by atoms with Gasteiger partial charge in [0.2, 0.25) is 0 Å². The maximum absolute atomic E-state index is 5.94. The molecule has 0 aliphatic heterocycles. The quantitative estimate of drug-likeness (QED) is 0.373. The van der Waals surface area contributed by atoms with Crippen molar-refractivity contribution in [3.63, 3.8) is 0 Å². The van der Waals surface area contributed by atoms with Crippen molar-refractivity contribution in [2.75, 3.05) is 14.1 Å². The van der Waals surface area contributed by atoms with Gasteiger partial charge in [-0.05, 0) is 13.0 Å². The topological polar surface area (TPSA) is 71.5 Å². The van der Waals surface area contributed by atoms with E-state index in [1.807, 2.05) is 37.2 Å². The number of nitrogens with zero attached hydrogens (tertiary/aromatic N) is 5. The fraction of sp³-hybridized carbons (Fsp3) is 0.353. The smallest absolute Gasteiger partial charge is 0.194 e. The average Bonchev–Trinajstić information content (AvgIpc) is 3.12. The lowest BCUT2D eigenvalue weighted by atomic mass is 10.1. The summed E-state index contributed by atoms with van der Waals surface area (Å²) in [4.78, 5) is 10.6. The van der Waals surface area contributed by atoms with Gasteiger partial charge in [0, 0.05) is 32.1 Å². The molecule has 0 atom stereocenters. The van der Waals surface area contributed by atoms with E-state index in [1.165, 1.54) is 0 Å². The molecule has 0 spiro atoms. The first-order chi connectivity index (χ1) is 11.6. The number of rotatable bonds is 4. The molecule has 0 amide bonds. The van der Waals surface area contributed by atoms with Gasteiger partial charge in [-0.1, -0.05) is 18.2 Å². The van der Waals surface area contributed by atoms with E-state index in [4.69, 9.17) is 4.42 Å². The van der Waals surface area contributed by atoms with Gasteiger partial charge >= 0.3 is 0 Å². The van der Waals surface area contributed by atoms with E-state index in [-0.39, 0.29) is 24.0 Å². The van der Waals surface area contributed by atoms with Gasteiger partial charge in [-0.15, -0.1) is 24.0 Å². The van der Waals surface area contributed by atoms with Gasteiger partial charge in [-0.2, -0.15) is 5.10 Å². The number of fused-ring (bicyclic) bond motifs is 1. The average molecular weight is 454 g/mol. The van der Waals surface area contributed by atoms with E-state index >= 15 is 0 Å². The number of benzene rings is 1. The molecule has 0 saturated heterocycles. The number of halogens is 1. The Balaban J connectivity index is 0.00000225. The van der Waals surface area contributed by atoms with Crippen LogP contribution in [0.3, 0.4) is 0 Å². The van der Waals surface area contributed by atoms with Crippen molar-refractivity contribution >= 4 is 40.9 Å². The summed E-state index contributed by atoms with van der Waals surface area (Å²) < 4.78 is 7.69. The van der Waals surface area contributed by atoms with Crippen LogP contribution in [0.25, 0.3) is 11.0 Å². The first-order valence-corrected chi connectivity index (χ1v) is 7.81. The van der Waals surface area contributed by atoms with Gasteiger partial charge in [0.1, 0.15) is 23.5 Å². The summed E-state index contributed by atoms with van der Waals surface area (Å²) >= 11 is 0. The molecule has 1 aromatic carbocycles. The van der Waals surface area contributed by atoms with E-state index in [0.29, 0.717) is 13.1 Å². The van der Waals surface area contributed by atoms with Gasteiger partial charge in [0.15, 0.2) is 5.96 Å². The summed E-state index contributed by atoms with van der Waals surface area (Å²) in [5, 5.41) is 8.58. The van der Waals surface area contributed by atoms with Crippen molar-refractivity contribution in [2.24, 2.45) is 12.0 Å². The second kappa shape index (κ2) is 8.32. The normalized spacial score (nSPS) is 11.4. The van der Waals surface area contributed by atoms with Crippen LogP contribution >= 0.6 is 24.0 Å². The molecule has 2 aromatic heterocycles. The highest BCUT2D eigenvalue weighted by Gasteiger charge is 2.13. The fourth-order valence-electron chi connectivity index (χ4n) is 2.69. The SMILES string of the molecule is CN=C(NCc1oc2ccccc2c1C)N(C)Cc1ncnn1C.I. The summed E-state index contributed by atoms with van der Waals surface area (Å²) in [6.45, 7) is 3.28. The first-order valence-electron chi connectivity index (χ1n) is 7.81. The van der Waals surface area contributed by atoms with Crippen molar-refractivity contribution in [1.29, 1.82) is 0 Å². The van der Waals surface area contributed by atoms with Crippen LogP contribution in [-0.2, 0) is 20.1 Å². The second-order valence-electron chi connectivity index (χ2n) is 5.70. The lowest BCUT2D eigenvalue weighted by Crippen LogP contribution is -2.38. The molecule has 25 heavy (non-hydrogen) atoms. The molecule has 7 nitrogen and oxygen atoms in total. The summed E-state index contributed by atoms with van der Waals surface area (Å²) in [6, 6.07) is 8.07. The van der Waals surface area contributed by atoms with Gasteiger partial charge in [0.05, 0.1) is 13.1 Å². The highest BCUT2D eigenvalue weighted by Crippen LogP contribution is 2.24. The zero-order chi connectivity index (χ0) is 17.1. The maximum Gasteiger partial charge on any atom is 0.194 e. The third-order valence-corrected chi connectivity index (χ3v) is 4.11. The molecule has 0 saturated carbocycles. The van der Waals surface area contributed by atoms with Gasteiger partial charge in [-0.3, -0.25) is 9.67 Å². The summed E-state index contributed by atoms with van der Waals surface area (Å²) in [7, 11) is 5.61. The van der Waals surface area contributed by atoms with Gasteiger partial charge in [-0.25, -0.2) is 4.98 Å². The Labute approximate surface area is 164 Å². The molecular weight excluding hydrogens is 431 g/mol. The van der Waals surface area contributed by atoms with Crippen LogP contribution in [0.15, 0.2) is 40.0 Å².